The first-order valence-corrected chi connectivity index (χ1v) is 12.2. The molecule has 0 N–H and O–H groups in total. The fourth-order valence-electron chi connectivity index (χ4n) is 4.10. The van der Waals surface area contributed by atoms with Crippen molar-refractivity contribution in [2.75, 3.05) is 29.4 Å². The monoisotopic (exact) mass is 518 g/mol. The molecule has 0 spiro atoms. The van der Waals surface area contributed by atoms with Gasteiger partial charge in [-0.3, -0.25) is 4.90 Å². The van der Waals surface area contributed by atoms with Gasteiger partial charge in [0.25, 0.3) is 0 Å². The molecule has 2 heterocycles. The number of anilines is 3. The van der Waals surface area contributed by atoms with Gasteiger partial charge in [0.2, 0.25) is 5.95 Å². The van der Waals surface area contributed by atoms with E-state index in [1.165, 1.54) is 11.6 Å². The van der Waals surface area contributed by atoms with Crippen molar-refractivity contribution in [2.24, 2.45) is 0 Å². The molecule has 4 rings (SSSR count). The van der Waals surface area contributed by atoms with Crippen LogP contribution in [0.1, 0.15) is 43.0 Å². The zero-order valence-corrected chi connectivity index (χ0v) is 21.3. The quantitative estimate of drug-likeness (QED) is 0.333. The van der Waals surface area contributed by atoms with Gasteiger partial charge < -0.3 is 4.90 Å². The highest BCUT2D eigenvalue weighted by Gasteiger charge is 2.20. The molecule has 0 amide bonds. The molecule has 34 heavy (non-hydrogen) atoms. The summed E-state index contributed by atoms with van der Waals surface area (Å²) in [7, 11) is 0. The maximum Gasteiger partial charge on any atom is 0.232 e. The largest absolute Gasteiger partial charge is 0.352 e. The third-order valence-electron chi connectivity index (χ3n) is 5.98. The molecule has 1 aliphatic rings. The number of hydrogen-bond acceptors (Lipinski definition) is 4. The van der Waals surface area contributed by atoms with Crippen LogP contribution in [0.25, 0.3) is 5.57 Å². The molecule has 0 aliphatic carbocycles. The van der Waals surface area contributed by atoms with Crippen molar-refractivity contribution in [3.05, 3.63) is 81.7 Å². The standard InChI is InChI=1S/C28H28BrFN4/c1-5-13-34(26-10-9-22(19(2)3)18-25(26)29)28-31-20(4)16-27(32-28)33-14-11-21(12-15-33)23-7-6-8-24(30)17-23/h1,6-11,16-19H,12-15H2,2-4H3. The summed E-state index contributed by atoms with van der Waals surface area (Å²) >= 11 is 3.72. The molecule has 0 atom stereocenters. The van der Waals surface area contributed by atoms with E-state index in [1.54, 1.807) is 12.1 Å². The summed E-state index contributed by atoms with van der Waals surface area (Å²) in [6.07, 6.45) is 8.69. The summed E-state index contributed by atoms with van der Waals surface area (Å²) in [5, 5.41) is 0. The Balaban J connectivity index is 1.63. The highest BCUT2D eigenvalue weighted by molar-refractivity contribution is 9.10. The molecule has 1 aromatic heterocycles. The average molecular weight is 519 g/mol. The van der Waals surface area contributed by atoms with Crippen LogP contribution in [0.3, 0.4) is 0 Å². The number of nitrogens with zero attached hydrogens (tertiary/aromatic N) is 4. The van der Waals surface area contributed by atoms with Gasteiger partial charge in [-0.2, -0.15) is 4.98 Å². The fourth-order valence-corrected chi connectivity index (χ4v) is 4.71. The molecule has 4 nitrogen and oxygen atoms in total. The number of aromatic nitrogens is 2. The molecule has 174 valence electrons. The molecule has 0 bridgehead atoms. The molecule has 1 aliphatic heterocycles. The van der Waals surface area contributed by atoms with Crippen molar-refractivity contribution in [3.8, 4) is 12.3 Å². The Morgan fingerprint density at radius 1 is 1.18 bits per heavy atom. The molecule has 0 unspecified atom stereocenters. The van der Waals surface area contributed by atoms with E-state index in [9.17, 15) is 4.39 Å². The molecule has 0 saturated carbocycles. The van der Waals surface area contributed by atoms with Crippen LogP contribution in [0, 0.1) is 25.1 Å². The Hall–Kier alpha value is -3.17. The highest BCUT2D eigenvalue weighted by Crippen LogP contribution is 2.34. The van der Waals surface area contributed by atoms with Gasteiger partial charge in [-0.1, -0.05) is 44.0 Å². The van der Waals surface area contributed by atoms with Crippen LogP contribution in [0.5, 0.6) is 0 Å². The van der Waals surface area contributed by atoms with Crippen molar-refractivity contribution >= 4 is 39.0 Å². The Bertz CT molecular complexity index is 1260. The second kappa shape index (κ2) is 10.4. The van der Waals surface area contributed by atoms with E-state index in [1.807, 2.05) is 24.0 Å². The normalized spacial score (nSPS) is 13.6. The lowest BCUT2D eigenvalue weighted by Crippen LogP contribution is -2.30. The third-order valence-corrected chi connectivity index (χ3v) is 6.61. The van der Waals surface area contributed by atoms with E-state index in [-0.39, 0.29) is 5.82 Å². The van der Waals surface area contributed by atoms with Crippen molar-refractivity contribution in [1.82, 2.24) is 9.97 Å². The summed E-state index contributed by atoms with van der Waals surface area (Å²) in [5.74, 6) is 4.40. The van der Waals surface area contributed by atoms with Gasteiger partial charge >= 0.3 is 0 Å². The SMILES string of the molecule is C#CCN(c1nc(C)cc(N2CC=C(c3cccc(F)c3)CC2)n1)c1ccc(C(C)C)cc1Br. The van der Waals surface area contributed by atoms with Crippen molar-refractivity contribution < 1.29 is 4.39 Å². The van der Waals surface area contributed by atoms with Gasteiger partial charge in [0.1, 0.15) is 11.6 Å². The minimum Gasteiger partial charge on any atom is -0.352 e. The van der Waals surface area contributed by atoms with Crippen molar-refractivity contribution in [3.63, 3.8) is 0 Å². The zero-order chi connectivity index (χ0) is 24.2. The van der Waals surface area contributed by atoms with Crippen LogP contribution in [0.2, 0.25) is 0 Å². The Labute approximate surface area is 209 Å². The van der Waals surface area contributed by atoms with E-state index in [0.717, 1.165) is 45.8 Å². The number of aryl methyl sites for hydroxylation is 1. The van der Waals surface area contributed by atoms with Crippen LogP contribution in [-0.2, 0) is 0 Å². The van der Waals surface area contributed by atoms with Crippen LogP contribution in [0.4, 0.5) is 21.8 Å². The predicted molar refractivity (Wildman–Crippen MR) is 142 cm³/mol. The molecule has 0 fully saturated rings. The smallest absolute Gasteiger partial charge is 0.232 e. The molecular formula is C28H28BrFN4. The number of rotatable bonds is 6. The Morgan fingerprint density at radius 3 is 2.65 bits per heavy atom. The van der Waals surface area contributed by atoms with Gasteiger partial charge in [0.05, 0.1) is 12.2 Å². The fraction of sp³-hybridized carbons (Fsp3) is 0.286. The van der Waals surface area contributed by atoms with Crippen LogP contribution in [-0.4, -0.2) is 29.6 Å². The van der Waals surface area contributed by atoms with Gasteiger partial charge in [-0.05, 0) is 76.2 Å². The lowest BCUT2D eigenvalue weighted by molar-refractivity contribution is 0.627. The molecular weight excluding hydrogens is 491 g/mol. The van der Waals surface area contributed by atoms with Crippen LogP contribution in [0.15, 0.2) is 59.1 Å². The minimum absolute atomic E-state index is 0.210. The number of hydrogen-bond donors (Lipinski definition) is 0. The molecule has 6 heteroatoms. The zero-order valence-electron chi connectivity index (χ0n) is 19.7. The van der Waals surface area contributed by atoms with E-state index in [2.05, 4.69) is 64.9 Å². The summed E-state index contributed by atoms with van der Waals surface area (Å²) in [6, 6.07) is 15.1. The van der Waals surface area contributed by atoms with Crippen LogP contribution < -0.4 is 9.80 Å². The maximum atomic E-state index is 13.6. The summed E-state index contributed by atoms with van der Waals surface area (Å²) in [6.45, 7) is 8.15. The second-order valence-corrected chi connectivity index (χ2v) is 9.61. The number of benzene rings is 2. The second-order valence-electron chi connectivity index (χ2n) is 8.76. The van der Waals surface area contributed by atoms with Gasteiger partial charge in [-0.25, -0.2) is 9.37 Å². The summed E-state index contributed by atoms with van der Waals surface area (Å²) in [5.41, 5.74) is 5.15. The van der Waals surface area contributed by atoms with Crippen molar-refractivity contribution in [2.45, 2.75) is 33.1 Å². The number of halogens is 2. The first-order chi connectivity index (χ1) is 16.4. The first-order valence-electron chi connectivity index (χ1n) is 11.4. The van der Waals surface area contributed by atoms with E-state index in [0.29, 0.717) is 25.0 Å². The third kappa shape index (κ3) is 5.31. The van der Waals surface area contributed by atoms with E-state index in [4.69, 9.17) is 16.4 Å². The number of terminal acetylenes is 1. The molecule has 0 radical (unpaired) electrons. The van der Waals surface area contributed by atoms with Gasteiger partial charge in [0.15, 0.2) is 0 Å². The topological polar surface area (TPSA) is 32.3 Å². The lowest BCUT2D eigenvalue weighted by Gasteiger charge is -2.29. The van der Waals surface area contributed by atoms with E-state index < -0.39 is 0 Å². The Morgan fingerprint density at radius 2 is 2.00 bits per heavy atom. The Kier molecular flexibility index (Phi) is 7.33. The summed E-state index contributed by atoms with van der Waals surface area (Å²) < 4.78 is 14.6. The van der Waals surface area contributed by atoms with Gasteiger partial charge in [-0.15, -0.1) is 6.42 Å². The van der Waals surface area contributed by atoms with Gasteiger partial charge in [0, 0.05) is 29.3 Å². The van der Waals surface area contributed by atoms with Crippen molar-refractivity contribution in [1.29, 1.82) is 0 Å². The predicted octanol–water partition coefficient (Wildman–Crippen LogP) is 6.88. The van der Waals surface area contributed by atoms with E-state index >= 15 is 0 Å². The molecule has 2 aromatic carbocycles. The highest BCUT2D eigenvalue weighted by atomic mass is 79.9. The molecule has 3 aromatic rings. The minimum atomic E-state index is -0.210. The maximum absolute atomic E-state index is 13.6. The lowest BCUT2D eigenvalue weighted by atomic mass is 9.99. The first kappa shape index (κ1) is 24.0. The molecule has 0 saturated heterocycles. The van der Waals surface area contributed by atoms with Crippen LogP contribution >= 0.6 is 15.9 Å². The summed E-state index contributed by atoms with van der Waals surface area (Å²) in [4.78, 5) is 13.8. The average Bonchev–Trinajstić information content (AvgIpc) is 2.82.